The molecule has 0 spiro atoms. The SMILES string of the molecule is CNc1cnc(C)c(-c2ccnc(-c3ccnc(NC(=O)C4CC4)c3)n2)c1.O=CC1CCOCC1. The Labute approximate surface area is 204 Å². The molecule has 1 aliphatic carbocycles. The van der Waals surface area contributed by atoms with Crippen LogP contribution in [0.5, 0.6) is 0 Å². The molecule has 3 aromatic heterocycles. The zero-order valence-corrected chi connectivity index (χ0v) is 20.0. The number of carbonyl (C=O) groups excluding carboxylic acids is 2. The van der Waals surface area contributed by atoms with Crippen LogP contribution in [0.2, 0.25) is 0 Å². The number of carbonyl (C=O) groups is 2. The van der Waals surface area contributed by atoms with E-state index in [1.165, 1.54) is 0 Å². The lowest BCUT2D eigenvalue weighted by atomic mass is 10.0. The van der Waals surface area contributed by atoms with E-state index in [1.807, 2.05) is 32.2 Å². The fraction of sp³-hybridized carbons (Fsp3) is 0.385. The highest BCUT2D eigenvalue weighted by atomic mass is 16.5. The quantitative estimate of drug-likeness (QED) is 0.516. The van der Waals surface area contributed by atoms with Gasteiger partial charge in [0.25, 0.3) is 0 Å². The van der Waals surface area contributed by atoms with E-state index in [0.717, 1.165) is 73.4 Å². The highest BCUT2D eigenvalue weighted by Crippen LogP contribution is 2.30. The van der Waals surface area contributed by atoms with Gasteiger partial charge in [-0.2, -0.15) is 0 Å². The molecule has 2 N–H and O–H groups in total. The highest BCUT2D eigenvalue weighted by molar-refractivity contribution is 5.93. The average Bonchev–Trinajstić information content (AvgIpc) is 3.76. The van der Waals surface area contributed by atoms with Crippen molar-refractivity contribution in [1.82, 2.24) is 19.9 Å². The number of anilines is 2. The van der Waals surface area contributed by atoms with Crippen LogP contribution in [0.25, 0.3) is 22.6 Å². The molecule has 0 unspecified atom stereocenters. The first-order valence-electron chi connectivity index (χ1n) is 11.9. The molecule has 3 aromatic rings. The van der Waals surface area contributed by atoms with E-state index in [0.29, 0.717) is 11.6 Å². The van der Waals surface area contributed by atoms with Crippen LogP contribution < -0.4 is 10.6 Å². The molecule has 9 heteroatoms. The number of amides is 1. The Morgan fingerprint density at radius 1 is 1.06 bits per heavy atom. The lowest BCUT2D eigenvalue weighted by molar-refractivity contribution is -0.117. The van der Waals surface area contributed by atoms with Gasteiger partial charge in [0.15, 0.2) is 5.82 Å². The topological polar surface area (TPSA) is 119 Å². The Bertz CT molecular complexity index is 1180. The number of aromatic nitrogens is 4. The van der Waals surface area contributed by atoms with Crippen molar-refractivity contribution in [3.8, 4) is 22.6 Å². The number of aldehydes is 1. The van der Waals surface area contributed by atoms with Crippen molar-refractivity contribution in [2.75, 3.05) is 30.9 Å². The number of hydrogen-bond acceptors (Lipinski definition) is 8. The van der Waals surface area contributed by atoms with Gasteiger partial charge in [0.2, 0.25) is 5.91 Å². The van der Waals surface area contributed by atoms with Crippen molar-refractivity contribution < 1.29 is 14.3 Å². The molecule has 1 saturated heterocycles. The van der Waals surface area contributed by atoms with Gasteiger partial charge in [-0.3, -0.25) is 9.78 Å². The molecule has 1 amide bonds. The van der Waals surface area contributed by atoms with Gasteiger partial charge in [0, 0.05) is 61.3 Å². The maximum absolute atomic E-state index is 12.0. The van der Waals surface area contributed by atoms with Crippen molar-refractivity contribution in [2.45, 2.75) is 32.6 Å². The summed E-state index contributed by atoms with van der Waals surface area (Å²) in [6, 6.07) is 7.52. The first-order valence-corrected chi connectivity index (χ1v) is 11.9. The van der Waals surface area contributed by atoms with Crippen molar-refractivity contribution in [3.63, 3.8) is 0 Å². The van der Waals surface area contributed by atoms with Crippen molar-refractivity contribution in [1.29, 1.82) is 0 Å². The maximum atomic E-state index is 12.0. The lowest BCUT2D eigenvalue weighted by Gasteiger charge is -2.15. The van der Waals surface area contributed by atoms with Gasteiger partial charge in [0.1, 0.15) is 12.1 Å². The summed E-state index contributed by atoms with van der Waals surface area (Å²) in [6.07, 6.45) is 9.95. The number of rotatable bonds is 6. The first-order chi connectivity index (χ1) is 17.1. The largest absolute Gasteiger partial charge is 0.387 e. The second-order valence-corrected chi connectivity index (χ2v) is 8.65. The van der Waals surface area contributed by atoms with E-state index in [-0.39, 0.29) is 17.7 Å². The summed E-state index contributed by atoms with van der Waals surface area (Å²) >= 11 is 0. The summed E-state index contributed by atoms with van der Waals surface area (Å²) in [7, 11) is 1.86. The van der Waals surface area contributed by atoms with E-state index in [9.17, 15) is 9.59 Å². The van der Waals surface area contributed by atoms with Crippen LogP contribution in [0.4, 0.5) is 11.5 Å². The third-order valence-corrected chi connectivity index (χ3v) is 5.98. The Balaban J connectivity index is 0.000000308. The third-order valence-electron chi connectivity index (χ3n) is 5.98. The summed E-state index contributed by atoms with van der Waals surface area (Å²) in [6.45, 7) is 3.49. The monoisotopic (exact) mass is 474 g/mol. The average molecular weight is 475 g/mol. The number of nitrogens with zero attached hydrogens (tertiary/aromatic N) is 4. The second-order valence-electron chi connectivity index (χ2n) is 8.65. The van der Waals surface area contributed by atoms with E-state index in [1.54, 1.807) is 24.7 Å². The predicted molar refractivity (Wildman–Crippen MR) is 134 cm³/mol. The number of pyridine rings is 2. The molecule has 2 fully saturated rings. The van der Waals surface area contributed by atoms with E-state index < -0.39 is 0 Å². The number of nitrogens with one attached hydrogen (secondary N) is 2. The Kier molecular flexibility index (Phi) is 8.10. The van der Waals surface area contributed by atoms with Gasteiger partial charge in [0.05, 0.1) is 17.6 Å². The molecule has 1 saturated carbocycles. The molecular formula is C26H30N6O3. The highest BCUT2D eigenvalue weighted by Gasteiger charge is 2.29. The third kappa shape index (κ3) is 6.66. The van der Waals surface area contributed by atoms with E-state index in [2.05, 4.69) is 25.6 Å². The summed E-state index contributed by atoms with van der Waals surface area (Å²) in [5, 5.41) is 5.96. The van der Waals surface area contributed by atoms with Gasteiger partial charge >= 0.3 is 0 Å². The van der Waals surface area contributed by atoms with Crippen LogP contribution in [0.1, 0.15) is 31.4 Å². The van der Waals surface area contributed by atoms with Gasteiger partial charge < -0.3 is 20.2 Å². The maximum Gasteiger partial charge on any atom is 0.228 e. The Morgan fingerprint density at radius 2 is 1.83 bits per heavy atom. The fourth-order valence-corrected chi connectivity index (χ4v) is 3.64. The number of aryl methyl sites for hydroxylation is 1. The van der Waals surface area contributed by atoms with Crippen LogP contribution in [0, 0.1) is 18.8 Å². The molecular weight excluding hydrogens is 444 g/mol. The van der Waals surface area contributed by atoms with E-state index >= 15 is 0 Å². The minimum absolute atomic E-state index is 0.0277. The zero-order valence-electron chi connectivity index (χ0n) is 20.0. The van der Waals surface area contributed by atoms with Crippen LogP contribution in [-0.2, 0) is 14.3 Å². The Hall–Kier alpha value is -3.72. The normalized spacial score (nSPS) is 15.5. The molecule has 0 bridgehead atoms. The summed E-state index contributed by atoms with van der Waals surface area (Å²) in [4.78, 5) is 39.8. The minimum Gasteiger partial charge on any atom is -0.387 e. The smallest absolute Gasteiger partial charge is 0.228 e. The second kappa shape index (κ2) is 11.6. The summed E-state index contributed by atoms with van der Waals surface area (Å²) < 4.78 is 5.04. The van der Waals surface area contributed by atoms with Crippen LogP contribution in [0.15, 0.2) is 42.9 Å². The predicted octanol–water partition coefficient (Wildman–Crippen LogP) is 3.91. The zero-order chi connectivity index (χ0) is 24.6. The first kappa shape index (κ1) is 24.4. The Morgan fingerprint density at radius 3 is 2.51 bits per heavy atom. The number of ether oxygens (including phenoxy) is 1. The van der Waals surface area contributed by atoms with Gasteiger partial charge in [-0.25, -0.2) is 15.0 Å². The molecule has 2 aliphatic rings. The van der Waals surface area contributed by atoms with Crippen LogP contribution in [0.3, 0.4) is 0 Å². The molecule has 0 atom stereocenters. The number of hydrogen-bond donors (Lipinski definition) is 2. The van der Waals surface area contributed by atoms with Gasteiger partial charge in [-0.1, -0.05) is 0 Å². The molecule has 0 radical (unpaired) electrons. The fourth-order valence-electron chi connectivity index (χ4n) is 3.64. The summed E-state index contributed by atoms with van der Waals surface area (Å²) in [5.41, 5.74) is 4.35. The van der Waals surface area contributed by atoms with E-state index in [4.69, 9.17) is 9.72 Å². The molecule has 4 heterocycles. The van der Waals surface area contributed by atoms with Crippen LogP contribution in [-0.4, -0.2) is 52.4 Å². The van der Waals surface area contributed by atoms with Crippen molar-refractivity contribution >= 4 is 23.7 Å². The van der Waals surface area contributed by atoms with Gasteiger partial charge in [-0.05, 0) is 56.9 Å². The molecule has 35 heavy (non-hydrogen) atoms. The van der Waals surface area contributed by atoms with Crippen LogP contribution >= 0.6 is 0 Å². The van der Waals surface area contributed by atoms with Crippen molar-refractivity contribution in [2.24, 2.45) is 11.8 Å². The molecule has 182 valence electrons. The molecule has 0 aromatic carbocycles. The summed E-state index contributed by atoms with van der Waals surface area (Å²) in [5.74, 6) is 1.54. The van der Waals surface area contributed by atoms with Crippen molar-refractivity contribution in [3.05, 3.63) is 48.5 Å². The standard InChI is InChI=1S/C20H20N6O.C6H10O2/c1-12-16(10-15(21-2)11-24-12)17-6-8-23-19(25-17)14-5-7-22-18(9-14)26-20(27)13-3-4-13;7-5-6-1-3-8-4-2-6/h5-11,13,21H,3-4H2,1-2H3,(H,22,26,27);5-6H,1-4H2. The molecule has 1 aliphatic heterocycles. The minimum atomic E-state index is 0.0277. The van der Waals surface area contributed by atoms with Gasteiger partial charge in [-0.15, -0.1) is 0 Å². The molecule has 5 rings (SSSR count). The molecule has 9 nitrogen and oxygen atoms in total. The lowest BCUT2D eigenvalue weighted by Crippen LogP contribution is -2.16.